The fourth-order valence-electron chi connectivity index (χ4n) is 3.42. The largest absolute Gasteiger partial charge is 0.492 e. The molecule has 5 heteroatoms. The second-order valence-electron chi connectivity index (χ2n) is 6.45. The average molecular weight is 333 g/mol. The number of benzene rings is 1. The third-order valence-corrected chi connectivity index (χ3v) is 4.59. The van der Waals surface area contributed by atoms with E-state index >= 15 is 0 Å². The lowest BCUT2D eigenvalue weighted by Gasteiger charge is -2.27. The second-order valence-corrected chi connectivity index (χ2v) is 6.45. The van der Waals surface area contributed by atoms with Gasteiger partial charge in [0.25, 0.3) is 0 Å². The van der Waals surface area contributed by atoms with Crippen LogP contribution in [0.15, 0.2) is 24.3 Å². The quantitative estimate of drug-likeness (QED) is 0.555. The highest BCUT2D eigenvalue weighted by Crippen LogP contribution is 2.45. The van der Waals surface area contributed by atoms with Crippen molar-refractivity contribution in [2.75, 3.05) is 19.8 Å². The molecular weight excluding hydrogens is 306 g/mol. The standard InChI is InChI=1S/C19H27NO4/c1-2-23-18(22)14-19(9-3-4-10-19)13-17(21)15-5-7-16(8-6-15)24-12-11-20/h5-8H,2-4,9-14,20H2,1H3. The number of carbonyl (C=O) groups is 2. The Bertz CT molecular complexity index is 547. The van der Waals surface area contributed by atoms with Crippen LogP contribution in [0.5, 0.6) is 5.75 Å². The van der Waals surface area contributed by atoms with E-state index in [4.69, 9.17) is 15.2 Å². The molecule has 2 N–H and O–H groups in total. The van der Waals surface area contributed by atoms with Crippen LogP contribution < -0.4 is 10.5 Å². The molecular formula is C19H27NO4. The minimum Gasteiger partial charge on any atom is -0.492 e. The highest BCUT2D eigenvalue weighted by atomic mass is 16.5. The molecule has 1 aliphatic carbocycles. The van der Waals surface area contributed by atoms with E-state index in [0.29, 0.717) is 43.9 Å². The van der Waals surface area contributed by atoms with Crippen molar-refractivity contribution in [3.8, 4) is 5.75 Å². The molecule has 0 bridgehead atoms. The zero-order valence-electron chi connectivity index (χ0n) is 14.4. The van der Waals surface area contributed by atoms with E-state index in [2.05, 4.69) is 0 Å². The summed E-state index contributed by atoms with van der Waals surface area (Å²) in [6.45, 7) is 3.10. The highest BCUT2D eigenvalue weighted by Gasteiger charge is 2.38. The molecule has 5 nitrogen and oxygen atoms in total. The minimum atomic E-state index is -0.238. The van der Waals surface area contributed by atoms with Crippen LogP contribution >= 0.6 is 0 Å². The summed E-state index contributed by atoms with van der Waals surface area (Å²) in [5.41, 5.74) is 5.82. The van der Waals surface area contributed by atoms with Gasteiger partial charge in [-0.25, -0.2) is 0 Å². The first-order valence-corrected chi connectivity index (χ1v) is 8.70. The van der Waals surface area contributed by atoms with Gasteiger partial charge in [-0.1, -0.05) is 12.8 Å². The summed E-state index contributed by atoms with van der Waals surface area (Å²) in [6, 6.07) is 7.13. The van der Waals surface area contributed by atoms with Crippen molar-refractivity contribution in [3.63, 3.8) is 0 Å². The first kappa shape index (κ1) is 18.5. The van der Waals surface area contributed by atoms with Gasteiger partial charge in [-0.05, 0) is 49.4 Å². The van der Waals surface area contributed by atoms with Crippen LogP contribution in [0.25, 0.3) is 0 Å². The number of ether oxygens (including phenoxy) is 2. The number of hydrogen-bond acceptors (Lipinski definition) is 5. The zero-order chi connectivity index (χ0) is 17.4. The fourth-order valence-corrected chi connectivity index (χ4v) is 3.42. The first-order chi connectivity index (χ1) is 11.6. The molecule has 0 radical (unpaired) electrons. The van der Waals surface area contributed by atoms with Gasteiger partial charge in [-0.2, -0.15) is 0 Å². The van der Waals surface area contributed by atoms with Gasteiger partial charge >= 0.3 is 5.97 Å². The smallest absolute Gasteiger partial charge is 0.306 e. The topological polar surface area (TPSA) is 78.6 Å². The van der Waals surface area contributed by atoms with E-state index in [0.717, 1.165) is 25.7 Å². The summed E-state index contributed by atoms with van der Waals surface area (Å²) < 4.78 is 10.5. The van der Waals surface area contributed by atoms with E-state index in [9.17, 15) is 9.59 Å². The van der Waals surface area contributed by atoms with E-state index in [1.807, 2.05) is 0 Å². The highest BCUT2D eigenvalue weighted by molar-refractivity contribution is 5.96. The summed E-state index contributed by atoms with van der Waals surface area (Å²) in [7, 11) is 0. The van der Waals surface area contributed by atoms with Crippen LogP contribution in [0.3, 0.4) is 0 Å². The normalized spacial score (nSPS) is 15.9. The monoisotopic (exact) mass is 333 g/mol. The van der Waals surface area contributed by atoms with E-state index in [-0.39, 0.29) is 17.2 Å². The predicted molar refractivity (Wildman–Crippen MR) is 92.1 cm³/mol. The molecule has 24 heavy (non-hydrogen) atoms. The maximum Gasteiger partial charge on any atom is 0.306 e. The predicted octanol–water partition coefficient (Wildman–Crippen LogP) is 3.11. The number of hydrogen-bond donors (Lipinski definition) is 1. The Morgan fingerprint density at radius 2 is 1.79 bits per heavy atom. The summed E-state index contributed by atoms with van der Waals surface area (Å²) >= 11 is 0. The number of nitrogens with two attached hydrogens (primary N) is 1. The van der Waals surface area contributed by atoms with Gasteiger partial charge in [-0.15, -0.1) is 0 Å². The lowest BCUT2D eigenvalue weighted by Crippen LogP contribution is -2.26. The van der Waals surface area contributed by atoms with E-state index in [1.54, 1.807) is 31.2 Å². The van der Waals surface area contributed by atoms with Crippen LogP contribution in [0, 0.1) is 5.41 Å². The molecule has 0 aliphatic heterocycles. The number of Topliss-reactive ketones (excluding diaryl/α,β-unsaturated/α-hetero) is 1. The van der Waals surface area contributed by atoms with Crippen LogP contribution in [0.2, 0.25) is 0 Å². The summed E-state index contributed by atoms with van der Waals surface area (Å²) in [5, 5.41) is 0. The number of ketones is 1. The molecule has 0 unspecified atom stereocenters. The maximum absolute atomic E-state index is 12.7. The molecule has 1 aliphatic rings. The number of carbonyl (C=O) groups excluding carboxylic acids is 2. The molecule has 1 saturated carbocycles. The van der Waals surface area contributed by atoms with Gasteiger partial charge in [-0.3, -0.25) is 9.59 Å². The van der Waals surface area contributed by atoms with Crippen LogP contribution in [0.1, 0.15) is 55.8 Å². The van der Waals surface area contributed by atoms with Gasteiger partial charge in [0, 0.05) is 18.5 Å². The molecule has 0 heterocycles. The van der Waals surface area contributed by atoms with Gasteiger partial charge in [0.2, 0.25) is 0 Å². The molecule has 0 amide bonds. The van der Waals surface area contributed by atoms with Crippen molar-refractivity contribution >= 4 is 11.8 Å². The van der Waals surface area contributed by atoms with Crippen molar-refractivity contribution in [1.82, 2.24) is 0 Å². The second kappa shape index (κ2) is 8.83. The Hall–Kier alpha value is -1.88. The number of rotatable bonds is 9. The number of esters is 1. The van der Waals surface area contributed by atoms with Crippen molar-refractivity contribution < 1.29 is 19.1 Å². The third kappa shape index (κ3) is 5.06. The maximum atomic E-state index is 12.7. The molecule has 2 rings (SSSR count). The van der Waals surface area contributed by atoms with E-state index in [1.165, 1.54) is 0 Å². The fraction of sp³-hybridized carbons (Fsp3) is 0.579. The lowest BCUT2D eigenvalue weighted by molar-refractivity contribution is -0.145. The lowest BCUT2D eigenvalue weighted by atomic mass is 9.77. The summed E-state index contributed by atoms with van der Waals surface area (Å²) in [5.74, 6) is 0.586. The van der Waals surface area contributed by atoms with Crippen molar-refractivity contribution in [2.45, 2.75) is 45.4 Å². The van der Waals surface area contributed by atoms with Crippen LogP contribution in [0.4, 0.5) is 0 Å². The zero-order valence-corrected chi connectivity index (χ0v) is 14.4. The Balaban J connectivity index is 2.01. The molecule has 1 fully saturated rings. The van der Waals surface area contributed by atoms with Crippen LogP contribution in [-0.4, -0.2) is 31.5 Å². The summed E-state index contributed by atoms with van der Waals surface area (Å²) in [6.07, 6.45) is 4.70. The Morgan fingerprint density at radius 3 is 2.38 bits per heavy atom. The third-order valence-electron chi connectivity index (χ3n) is 4.59. The average Bonchev–Trinajstić information content (AvgIpc) is 3.01. The van der Waals surface area contributed by atoms with Gasteiger partial charge in [0.05, 0.1) is 13.0 Å². The summed E-state index contributed by atoms with van der Waals surface area (Å²) in [4.78, 5) is 24.6. The Labute approximate surface area is 143 Å². The minimum absolute atomic E-state index is 0.0755. The van der Waals surface area contributed by atoms with Crippen molar-refractivity contribution in [1.29, 1.82) is 0 Å². The molecule has 1 aromatic rings. The van der Waals surface area contributed by atoms with Crippen molar-refractivity contribution in [2.24, 2.45) is 11.1 Å². The molecule has 0 saturated heterocycles. The van der Waals surface area contributed by atoms with E-state index < -0.39 is 0 Å². The Morgan fingerprint density at radius 1 is 1.12 bits per heavy atom. The molecule has 0 atom stereocenters. The first-order valence-electron chi connectivity index (χ1n) is 8.70. The van der Waals surface area contributed by atoms with Gasteiger partial charge in [0.15, 0.2) is 5.78 Å². The molecule has 132 valence electrons. The van der Waals surface area contributed by atoms with Crippen LogP contribution in [-0.2, 0) is 9.53 Å². The van der Waals surface area contributed by atoms with Gasteiger partial charge in [0.1, 0.15) is 12.4 Å². The molecule has 0 aromatic heterocycles. The molecule has 0 spiro atoms. The van der Waals surface area contributed by atoms with Crippen molar-refractivity contribution in [3.05, 3.63) is 29.8 Å². The van der Waals surface area contributed by atoms with Gasteiger partial charge < -0.3 is 15.2 Å². The Kier molecular flexibility index (Phi) is 6.79. The molecule has 1 aromatic carbocycles. The SMILES string of the molecule is CCOC(=O)CC1(CC(=O)c2ccc(OCCN)cc2)CCCC1.